The van der Waals surface area contributed by atoms with Gasteiger partial charge in [-0.15, -0.1) is 11.8 Å². The maximum Gasteiger partial charge on any atom is 0.140 e. The maximum absolute atomic E-state index is 4.45. The van der Waals surface area contributed by atoms with Crippen LogP contribution in [0.15, 0.2) is 45.9 Å². The summed E-state index contributed by atoms with van der Waals surface area (Å²) in [6.45, 7) is 2.92. The number of nitrogens with zero attached hydrogens (tertiary/aromatic N) is 2. The van der Waals surface area contributed by atoms with E-state index < -0.39 is 0 Å². The topological polar surface area (TPSA) is 37.8 Å². The molecule has 0 aliphatic rings. The van der Waals surface area contributed by atoms with Crippen molar-refractivity contribution in [1.82, 2.24) is 9.97 Å². The molecule has 0 bridgehead atoms. The van der Waals surface area contributed by atoms with Gasteiger partial charge >= 0.3 is 0 Å². The summed E-state index contributed by atoms with van der Waals surface area (Å²) < 4.78 is 1.11. The first-order valence-electron chi connectivity index (χ1n) is 5.72. The van der Waals surface area contributed by atoms with Gasteiger partial charge in [0.15, 0.2) is 0 Å². The number of thioether (sulfide) groups is 1. The first-order valence-corrected chi connectivity index (χ1v) is 7.50. The van der Waals surface area contributed by atoms with E-state index in [-0.39, 0.29) is 0 Å². The van der Waals surface area contributed by atoms with Crippen LogP contribution in [0.5, 0.6) is 0 Å². The SMILES string of the molecule is CCNc1ccnc(CSc2ccccc2Br)n1. The lowest BCUT2D eigenvalue weighted by atomic mass is 10.4. The van der Waals surface area contributed by atoms with E-state index in [9.17, 15) is 0 Å². The van der Waals surface area contributed by atoms with Gasteiger partial charge in [-0.2, -0.15) is 0 Å². The summed E-state index contributed by atoms with van der Waals surface area (Å²) in [5.74, 6) is 2.49. The minimum atomic E-state index is 0.766. The van der Waals surface area contributed by atoms with Crippen molar-refractivity contribution in [2.45, 2.75) is 17.6 Å². The second-order valence-electron chi connectivity index (χ2n) is 3.61. The third-order valence-electron chi connectivity index (χ3n) is 2.26. The molecule has 0 aliphatic carbocycles. The van der Waals surface area contributed by atoms with Gasteiger partial charge in [0, 0.05) is 22.1 Å². The second kappa shape index (κ2) is 6.75. The molecule has 2 rings (SSSR count). The molecule has 3 nitrogen and oxygen atoms in total. The van der Waals surface area contributed by atoms with Gasteiger partial charge in [-0.05, 0) is 41.1 Å². The lowest BCUT2D eigenvalue weighted by molar-refractivity contribution is 1.02. The molecule has 0 saturated carbocycles. The molecule has 1 aromatic heterocycles. The van der Waals surface area contributed by atoms with Gasteiger partial charge in [0.1, 0.15) is 11.6 Å². The second-order valence-corrected chi connectivity index (χ2v) is 5.48. The lowest BCUT2D eigenvalue weighted by Gasteiger charge is -2.05. The van der Waals surface area contributed by atoms with Crippen molar-refractivity contribution < 1.29 is 0 Å². The predicted molar refractivity (Wildman–Crippen MR) is 79.9 cm³/mol. The van der Waals surface area contributed by atoms with Crippen molar-refractivity contribution in [1.29, 1.82) is 0 Å². The zero-order valence-electron chi connectivity index (χ0n) is 10.1. The molecule has 0 amide bonds. The molecular formula is C13H14BrN3S. The number of rotatable bonds is 5. The molecule has 0 aliphatic heterocycles. The highest BCUT2D eigenvalue weighted by molar-refractivity contribution is 9.10. The molecule has 2 aromatic rings. The van der Waals surface area contributed by atoms with Gasteiger partial charge < -0.3 is 5.32 Å². The number of nitrogens with one attached hydrogen (secondary N) is 1. The third-order valence-corrected chi connectivity index (χ3v) is 4.28. The first kappa shape index (κ1) is 13.4. The van der Waals surface area contributed by atoms with Gasteiger partial charge in [-0.1, -0.05) is 12.1 Å². The van der Waals surface area contributed by atoms with Crippen LogP contribution in [0.2, 0.25) is 0 Å². The van der Waals surface area contributed by atoms with Crippen LogP contribution < -0.4 is 5.32 Å². The first-order chi connectivity index (χ1) is 8.79. The van der Waals surface area contributed by atoms with Crippen molar-refractivity contribution in [3.05, 3.63) is 46.8 Å². The Labute approximate surface area is 120 Å². The van der Waals surface area contributed by atoms with E-state index in [2.05, 4.69) is 44.2 Å². The highest BCUT2D eigenvalue weighted by Crippen LogP contribution is 2.28. The lowest BCUT2D eigenvalue weighted by Crippen LogP contribution is -2.02. The van der Waals surface area contributed by atoms with Crippen LogP contribution in [0.1, 0.15) is 12.7 Å². The minimum Gasteiger partial charge on any atom is -0.370 e. The largest absolute Gasteiger partial charge is 0.370 e. The molecule has 0 spiro atoms. The Morgan fingerprint density at radius 1 is 1.28 bits per heavy atom. The van der Waals surface area contributed by atoms with Crippen molar-refractivity contribution in [2.75, 3.05) is 11.9 Å². The van der Waals surface area contributed by atoms with Crippen LogP contribution >= 0.6 is 27.7 Å². The van der Waals surface area contributed by atoms with Gasteiger partial charge in [0.2, 0.25) is 0 Å². The number of benzene rings is 1. The van der Waals surface area contributed by atoms with Gasteiger partial charge in [0.25, 0.3) is 0 Å². The standard InChI is InChI=1S/C13H14BrN3S/c1-2-15-12-7-8-16-13(17-12)9-18-11-6-4-3-5-10(11)14/h3-8H,2,9H2,1H3,(H,15,16,17). The van der Waals surface area contributed by atoms with Crippen LogP contribution in [0, 0.1) is 0 Å². The van der Waals surface area contributed by atoms with Crippen molar-refractivity contribution in [2.24, 2.45) is 0 Å². The van der Waals surface area contributed by atoms with E-state index in [1.807, 2.05) is 24.3 Å². The highest BCUT2D eigenvalue weighted by Gasteiger charge is 2.03. The Balaban J connectivity index is 2.02. The van der Waals surface area contributed by atoms with E-state index in [1.165, 1.54) is 4.90 Å². The zero-order valence-corrected chi connectivity index (χ0v) is 12.5. The summed E-state index contributed by atoms with van der Waals surface area (Å²) in [6, 6.07) is 10.1. The third kappa shape index (κ3) is 3.71. The van der Waals surface area contributed by atoms with Crippen LogP contribution in [-0.2, 0) is 5.75 Å². The van der Waals surface area contributed by atoms with E-state index in [0.717, 1.165) is 28.4 Å². The fraction of sp³-hybridized carbons (Fsp3) is 0.231. The van der Waals surface area contributed by atoms with Crippen LogP contribution in [0.25, 0.3) is 0 Å². The van der Waals surface area contributed by atoms with Crippen molar-refractivity contribution in [3.63, 3.8) is 0 Å². The van der Waals surface area contributed by atoms with Crippen LogP contribution in [0.4, 0.5) is 5.82 Å². The summed E-state index contributed by atoms with van der Waals surface area (Å²) in [4.78, 5) is 9.93. The predicted octanol–water partition coefficient (Wildman–Crippen LogP) is 3.96. The summed E-state index contributed by atoms with van der Waals surface area (Å²) in [5.41, 5.74) is 0. The van der Waals surface area contributed by atoms with Crippen molar-refractivity contribution in [3.8, 4) is 0 Å². The molecule has 18 heavy (non-hydrogen) atoms. The Hall–Kier alpha value is -1.07. The molecule has 5 heteroatoms. The van der Waals surface area contributed by atoms with Crippen LogP contribution in [0.3, 0.4) is 0 Å². The Kier molecular flexibility index (Phi) is 5.01. The quantitative estimate of drug-likeness (QED) is 0.845. The molecule has 0 unspecified atom stereocenters. The number of hydrogen-bond donors (Lipinski definition) is 1. The molecule has 1 N–H and O–H groups in total. The fourth-order valence-electron chi connectivity index (χ4n) is 1.45. The van der Waals surface area contributed by atoms with Crippen LogP contribution in [-0.4, -0.2) is 16.5 Å². The minimum absolute atomic E-state index is 0.766. The molecule has 1 aromatic carbocycles. The number of hydrogen-bond acceptors (Lipinski definition) is 4. The average Bonchev–Trinajstić information content (AvgIpc) is 2.39. The Morgan fingerprint density at radius 3 is 2.89 bits per heavy atom. The van der Waals surface area contributed by atoms with E-state index in [1.54, 1.807) is 18.0 Å². The molecule has 0 saturated heterocycles. The van der Waals surface area contributed by atoms with E-state index >= 15 is 0 Å². The monoisotopic (exact) mass is 323 g/mol. The molecular weight excluding hydrogens is 310 g/mol. The normalized spacial score (nSPS) is 10.3. The summed E-state index contributed by atoms with van der Waals surface area (Å²) in [6.07, 6.45) is 1.79. The van der Waals surface area contributed by atoms with Gasteiger partial charge in [-0.3, -0.25) is 0 Å². The highest BCUT2D eigenvalue weighted by atomic mass is 79.9. The Morgan fingerprint density at radius 2 is 2.11 bits per heavy atom. The number of aromatic nitrogens is 2. The Bertz CT molecular complexity index is 519. The van der Waals surface area contributed by atoms with E-state index in [4.69, 9.17) is 0 Å². The summed E-state index contributed by atoms with van der Waals surface area (Å²) in [7, 11) is 0. The molecule has 1 heterocycles. The summed E-state index contributed by atoms with van der Waals surface area (Å²) >= 11 is 5.26. The number of anilines is 1. The average molecular weight is 324 g/mol. The zero-order chi connectivity index (χ0) is 12.8. The van der Waals surface area contributed by atoms with Gasteiger partial charge in [-0.25, -0.2) is 9.97 Å². The van der Waals surface area contributed by atoms with Crippen molar-refractivity contribution >= 4 is 33.5 Å². The summed E-state index contributed by atoms with van der Waals surface area (Å²) in [5, 5.41) is 3.19. The molecule has 0 fully saturated rings. The molecule has 0 radical (unpaired) electrons. The fourth-order valence-corrected chi connectivity index (χ4v) is 2.88. The number of halogens is 1. The molecule has 94 valence electrons. The smallest absolute Gasteiger partial charge is 0.140 e. The maximum atomic E-state index is 4.45. The van der Waals surface area contributed by atoms with E-state index in [0.29, 0.717) is 0 Å². The molecule has 0 atom stereocenters. The van der Waals surface area contributed by atoms with Gasteiger partial charge in [0.05, 0.1) is 5.75 Å².